The fraction of sp³-hybridized carbons (Fsp3) is 0.429. The van der Waals surface area contributed by atoms with Crippen LogP contribution >= 0.6 is 0 Å². The molecule has 1 amide bonds. The number of piperidine rings is 1. The van der Waals surface area contributed by atoms with Gasteiger partial charge in [0.15, 0.2) is 0 Å². The summed E-state index contributed by atoms with van der Waals surface area (Å²) in [6.45, 7) is 1.34. The van der Waals surface area contributed by atoms with Gasteiger partial charge in [0.2, 0.25) is 5.91 Å². The molecule has 3 rings (SSSR count). The molecule has 0 saturated carbocycles. The minimum Gasteiger partial charge on any atom is -0.342 e. The molecule has 27 heavy (non-hydrogen) atoms. The van der Waals surface area contributed by atoms with Gasteiger partial charge in [-0.25, -0.2) is 0 Å². The number of amides is 1. The van der Waals surface area contributed by atoms with Crippen molar-refractivity contribution in [1.29, 1.82) is 0 Å². The number of carbonyl (C=O) groups excluding carboxylic acids is 1. The van der Waals surface area contributed by atoms with Gasteiger partial charge in [-0.3, -0.25) is 9.78 Å². The Bertz CT molecular complexity index is 762. The Morgan fingerprint density at radius 3 is 2.74 bits per heavy atom. The number of halogens is 3. The van der Waals surface area contributed by atoms with E-state index in [1.165, 1.54) is 6.07 Å². The third kappa shape index (κ3) is 5.31. The van der Waals surface area contributed by atoms with Crippen molar-refractivity contribution in [3.8, 4) is 0 Å². The van der Waals surface area contributed by atoms with E-state index in [-0.39, 0.29) is 11.8 Å². The van der Waals surface area contributed by atoms with Crippen LogP contribution in [0.4, 0.5) is 13.2 Å². The Morgan fingerprint density at radius 1 is 1.19 bits per heavy atom. The Morgan fingerprint density at radius 2 is 2.00 bits per heavy atom. The van der Waals surface area contributed by atoms with E-state index < -0.39 is 11.7 Å². The molecule has 1 aliphatic heterocycles. The van der Waals surface area contributed by atoms with E-state index in [1.807, 2.05) is 11.0 Å². The first-order valence-electron chi connectivity index (χ1n) is 9.25. The van der Waals surface area contributed by atoms with Crippen LogP contribution in [-0.2, 0) is 23.8 Å². The number of hydrogen-bond acceptors (Lipinski definition) is 2. The minimum atomic E-state index is -4.32. The monoisotopic (exact) mass is 376 g/mol. The average molecular weight is 376 g/mol. The van der Waals surface area contributed by atoms with Crippen LogP contribution < -0.4 is 0 Å². The largest absolute Gasteiger partial charge is 0.416 e. The maximum atomic E-state index is 13.1. The summed E-state index contributed by atoms with van der Waals surface area (Å²) in [5.41, 5.74) is 0.665. The lowest BCUT2D eigenvalue weighted by Crippen LogP contribution is -2.40. The number of alkyl halides is 3. The van der Waals surface area contributed by atoms with Crippen LogP contribution in [0.15, 0.2) is 48.8 Å². The molecule has 0 N–H and O–H groups in total. The number of aromatic nitrogens is 1. The number of hydrogen-bond donors (Lipinski definition) is 0. The summed E-state index contributed by atoms with van der Waals surface area (Å²) >= 11 is 0. The quantitative estimate of drug-likeness (QED) is 0.769. The van der Waals surface area contributed by atoms with Crippen LogP contribution in [-0.4, -0.2) is 28.9 Å². The van der Waals surface area contributed by atoms with Crippen molar-refractivity contribution in [1.82, 2.24) is 9.88 Å². The Balaban J connectivity index is 1.57. The number of likely N-dealkylation sites (tertiary alicyclic amines) is 1. The second kappa shape index (κ2) is 8.55. The summed E-state index contributed by atoms with van der Waals surface area (Å²) in [6.07, 6.45) is 2.23. The van der Waals surface area contributed by atoms with Crippen LogP contribution in [0.25, 0.3) is 0 Å². The molecule has 0 radical (unpaired) electrons. The van der Waals surface area contributed by atoms with Gasteiger partial charge in [0.25, 0.3) is 0 Å². The molecular weight excluding hydrogens is 353 g/mol. The molecule has 3 nitrogen and oxygen atoms in total. The summed E-state index contributed by atoms with van der Waals surface area (Å²) in [5.74, 6) is 0.293. The second-order valence-electron chi connectivity index (χ2n) is 7.08. The summed E-state index contributed by atoms with van der Waals surface area (Å²) < 4.78 is 39.4. The third-order valence-corrected chi connectivity index (χ3v) is 5.09. The van der Waals surface area contributed by atoms with Crippen molar-refractivity contribution in [2.24, 2.45) is 5.92 Å². The summed E-state index contributed by atoms with van der Waals surface area (Å²) in [4.78, 5) is 18.4. The minimum absolute atomic E-state index is 0.0587. The van der Waals surface area contributed by atoms with Crippen LogP contribution in [0.1, 0.15) is 36.0 Å². The van der Waals surface area contributed by atoms with Gasteiger partial charge in [0.1, 0.15) is 0 Å². The van der Waals surface area contributed by atoms with Crippen LogP contribution in [0, 0.1) is 5.92 Å². The van der Waals surface area contributed by atoms with Crippen molar-refractivity contribution in [2.45, 2.75) is 38.3 Å². The first kappa shape index (κ1) is 19.4. The van der Waals surface area contributed by atoms with Crippen LogP contribution in [0.5, 0.6) is 0 Å². The van der Waals surface area contributed by atoms with E-state index in [0.717, 1.165) is 24.5 Å². The fourth-order valence-corrected chi connectivity index (χ4v) is 3.69. The highest BCUT2D eigenvalue weighted by Gasteiger charge is 2.33. The molecule has 1 atom stereocenters. The van der Waals surface area contributed by atoms with Gasteiger partial charge >= 0.3 is 6.18 Å². The zero-order valence-electron chi connectivity index (χ0n) is 15.1. The average Bonchev–Trinajstić information content (AvgIpc) is 2.67. The number of aryl methyl sites for hydroxylation is 1. The van der Waals surface area contributed by atoms with Crippen molar-refractivity contribution in [3.05, 3.63) is 65.5 Å². The lowest BCUT2D eigenvalue weighted by atomic mass is 9.90. The lowest BCUT2D eigenvalue weighted by Gasteiger charge is -2.33. The Hall–Kier alpha value is -2.37. The summed E-state index contributed by atoms with van der Waals surface area (Å²) in [6, 6.07) is 9.44. The molecule has 2 aromatic rings. The topological polar surface area (TPSA) is 33.2 Å². The van der Waals surface area contributed by atoms with E-state index in [0.29, 0.717) is 37.9 Å². The van der Waals surface area contributed by atoms with Gasteiger partial charge in [-0.15, -0.1) is 0 Å². The first-order chi connectivity index (χ1) is 12.9. The van der Waals surface area contributed by atoms with E-state index >= 15 is 0 Å². The highest BCUT2D eigenvalue weighted by Crippen LogP contribution is 2.33. The maximum Gasteiger partial charge on any atom is 0.416 e. The molecule has 1 fully saturated rings. The molecular formula is C21H23F3N2O. The SMILES string of the molecule is O=C(Cc1cccnc1)N1CCCC(CCc2ccccc2C(F)(F)F)C1. The summed E-state index contributed by atoms with van der Waals surface area (Å²) in [7, 11) is 0. The molecule has 1 aromatic heterocycles. The maximum absolute atomic E-state index is 13.1. The second-order valence-corrected chi connectivity index (χ2v) is 7.08. The van der Waals surface area contributed by atoms with E-state index in [2.05, 4.69) is 4.98 Å². The standard InChI is InChI=1S/C21H23F3N2O/c22-21(23,24)19-8-2-1-7-18(19)10-9-16-6-4-12-26(15-16)20(27)13-17-5-3-11-25-14-17/h1-3,5,7-8,11,14,16H,4,6,9-10,12-13,15H2. The predicted octanol–water partition coefficient (Wildman–Crippen LogP) is 4.51. The van der Waals surface area contributed by atoms with Gasteiger partial charge < -0.3 is 4.90 Å². The number of rotatable bonds is 5. The number of carbonyl (C=O) groups is 1. The molecule has 6 heteroatoms. The zero-order valence-corrected chi connectivity index (χ0v) is 15.1. The van der Waals surface area contributed by atoms with Gasteiger partial charge in [0, 0.05) is 25.5 Å². The van der Waals surface area contributed by atoms with Crippen molar-refractivity contribution in [2.75, 3.05) is 13.1 Å². The van der Waals surface area contributed by atoms with E-state index in [9.17, 15) is 18.0 Å². The summed E-state index contributed by atoms with van der Waals surface area (Å²) in [5, 5.41) is 0. The van der Waals surface area contributed by atoms with E-state index in [4.69, 9.17) is 0 Å². The number of pyridine rings is 1. The molecule has 1 saturated heterocycles. The molecule has 0 bridgehead atoms. The van der Waals surface area contributed by atoms with Gasteiger partial charge in [0.05, 0.1) is 12.0 Å². The van der Waals surface area contributed by atoms with E-state index in [1.54, 1.807) is 30.6 Å². The molecule has 144 valence electrons. The molecule has 0 spiro atoms. The highest BCUT2D eigenvalue weighted by atomic mass is 19.4. The van der Waals surface area contributed by atoms with Crippen LogP contribution in [0.3, 0.4) is 0 Å². The Kier molecular flexibility index (Phi) is 6.14. The molecule has 1 aliphatic rings. The first-order valence-corrected chi connectivity index (χ1v) is 9.25. The smallest absolute Gasteiger partial charge is 0.342 e. The predicted molar refractivity (Wildman–Crippen MR) is 97.0 cm³/mol. The third-order valence-electron chi connectivity index (χ3n) is 5.09. The fourth-order valence-electron chi connectivity index (χ4n) is 3.69. The van der Waals surface area contributed by atoms with Crippen molar-refractivity contribution >= 4 is 5.91 Å². The molecule has 1 aromatic carbocycles. The van der Waals surface area contributed by atoms with Crippen molar-refractivity contribution < 1.29 is 18.0 Å². The van der Waals surface area contributed by atoms with Gasteiger partial charge in [-0.2, -0.15) is 13.2 Å². The number of benzene rings is 1. The van der Waals surface area contributed by atoms with Gasteiger partial charge in [-0.05, 0) is 54.9 Å². The molecule has 2 heterocycles. The highest BCUT2D eigenvalue weighted by molar-refractivity contribution is 5.78. The van der Waals surface area contributed by atoms with Gasteiger partial charge in [-0.1, -0.05) is 24.3 Å². The van der Waals surface area contributed by atoms with Crippen molar-refractivity contribution in [3.63, 3.8) is 0 Å². The van der Waals surface area contributed by atoms with Crippen LogP contribution in [0.2, 0.25) is 0 Å². The number of nitrogens with zero attached hydrogens (tertiary/aromatic N) is 2. The zero-order chi connectivity index (χ0) is 19.3. The Labute approximate surface area is 157 Å². The normalized spacial score (nSPS) is 17.7. The molecule has 1 unspecified atom stereocenters. The lowest BCUT2D eigenvalue weighted by molar-refractivity contribution is -0.138. The molecule has 0 aliphatic carbocycles.